The number of amides is 1. The molecule has 0 radical (unpaired) electrons. The molecular weight excluding hydrogens is 376 g/mol. The predicted molar refractivity (Wildman–Crippen MR) is 109 cm³/mol. The minimum atomic E-state index is -0.699. The molecule has 0 unspecified atom stereocenters. The molecule has 3 rings (SSSR count). The van der Waals surface area contributed by atoms with E-state index in [-0.39, 0.29) is 18.2 Å². The third kappa shape index (κ3) is 4.21. The number of halogens is 2. The lowest BCUT2D eigenvalue weighted by Crippen LogP contribution is -2.28. The molecular formula is C21H25F2N5O. The molecule has 2 N–H and O–H groups in total. The average Bonchev–Trinajstić information content (AvgIpc) is 3.11. The lowest BCUT2D eigenvalue weighted by Gasteiger charge is -2.21. The molecule has 2 aromatic heterocycles. The predicted octanol–water partition coefficient (Wildman–Crippen LogP) is 4.12. The van der Waals surface area contributed by atoms with Gasteiger partial charge in [0.2, 0.25) is 0 Å². The highest BCUT2D eigenvalue weighted by atomic mass is 19.1. The van der Waals surface area contributed by atoms with Gasteiger partial charge in [0.1, 0.15) is 11.6 Å². The van der Waals surface area contributed by atoms with Gasteiger partial charge in [-0.05, 0) is 31.9 Å². The summed E-state index contributed by atoms with van der Waals surface area (Å²) in [6.07, 6.45) is 3.15. The summed E-state index contributed by atoms with van der Waals surface area (Å²) in [5, 5.41) is 11.0. The standard InChI is InChI=1S/C21H25F2N5O/c1-5-28-20-15(11-26-28)19(27-13(4)12(2)3)16(10-24-20)21(29)25-9-14-17(22)7-6-8-18(14)23/h6-8,10-13H,5,9H2,1-4H3,(H,24,27)(H,25,29)/t13-/m0/s1. The minimum Gasteiger partial charge on any atom is -0.381 e. The van der Waals surface area contributed by atoms with Crippen molar-refractivity contribution in [2.75, 3.05) is 5.32 Å². The van der Waals surface area contributed by atoms with Gasteiger partial charge in [0.25, 0.3) is 5.91 Å². The van der Waals surface area contributed by atoms with Gasteiger partial charge in [-0.25, -0.2) is 18.4 Å². The Morgan fingerprint density at radius 1 is 1.17 bits per heavy atom. The van der Waals surface area contributed by atoms with E-state index in [1.165, 1.54) is 12.3 Å². The third-order valence-electron chi connectivity index (χ3n) is 5.07. The van der Waals surface area contributed by atoms with Crippen LogP contribution in [-0.4, -0.2) is 26.7 Å². The van der Waals surface area contributed by atoms with Gasteiger partial charge in [0, 0.05) is 30.9 Å². The molecule has 6 nitrogen and oxygen atoms in total. The molecule has 0 saturated carbocycles. The summed E-state index contributed by atoms with van der Waals surface area (Å²) in [5.74, 6) is -1.54. The summed E-state index contributed by atoms with van der Waals surface area (Å²) >= 11 is 0. The molecule has 0 aliphatic heterocycles. The summed E-state index contributed by atoms with van der Waals surface area (Å²) in [6, 6.07) is 3.69. The monoisotopic (exact) mass is 401 g/mol. The first-order chi connectivity index (χ1) is 13.8. The number of hydrogen-bond acceptors (Lipinski definition) is 4. The Morgan fingerprint density at radius 2 is 1.86 bits per heavy atom. The van der Waals surface area contributed by atoms with Gasteiger partial charge in [-0.1, -0.05) is 19.9 Å². The van der Waals surface area contributed by atoms with E-state index in [9.17, 15) is 13.6 Å². The Labute approximate surface area is 168 Å². The van der Waals surface area contributed by atoms with Crippen LogP contribution < -0.4 is 10.6 Å². The maximum Gasteiger partial charge on any atom is 0.255 e. The number of carbonyl (C=O) groups is 1. The molecule has 154 valence electrons. The second kappa shape index (κ2) is 8.55. The zero-order valence-corrected chi connectivity index (χ0v) is 17.0. The second-order valence-electron chi connectivity index (χ2n) is 7.30. The Hall–Kier alpha value is -3.03. The fraction of sp³-hybridized carbons (Fsp3) is 0.381. The third-order valence-corrected chi connectivity index (χ3v) is 5.07. The van der Waals surface area contributed by atoms with E-state index in [4.69, 9.17) is 0 Å². The van der Waals surface area contributed by atoms with Gasteiger partial charge < -0.3 is 10.6 Å². The number of aromatic nitrogens is 3. The summed E-state index contributed by atoms with van der Waals surface area (Å²) in [4.78, 5) is 17.3. The number of nitrogens with zero attached hydrogens (tertiary/aromatic N) is 3. The average molecular weight is 401 g/mol. The van der Waals surface area contributed by atoms with Crippen molar-refractivity contribution in [1.29, 1.82) is 0 Å². The molecule has 0 bridgehead atoms. The van der Waals surface area contributed by atoms with Crippen LogP contribution >= 0.6 is 0 Å². The smallest absolute Gasteiger partial charge is 0.255 e. The number of benzene rings is 1. The normalized spacial score (nSPS) is 12.4. The number of fused-ring (bicyclic) bond motifs is 1. The molecule has 0 saturated heterocycles. The first kappa shape index (κ1) is 20.7. The zero-order valence-electron chi connectivity index (χ0n) is 17.0. The number of nitrogens with one attached hydrogen (secondary N) is 2. The molecule has 29 heavy (non-hydrogen) atoms. The maximum absolute atomic E-state index is 13.9. The highest BCUT2D eigenvalue weighted by molar-refractivity contribution is 6.06. The van der Waals surface area contributed by atoms with Crippen molar-refractivity contribution < 1.29 is 13.6 Å². The Kier molecular flexibility index (Phi) is 6.10. The second-order valence-corrected chi connectivity index (χ2v) is 7.30. The van der Waals surface area contributed by atoms with E-state index in [2.05, 4.69) is 34.6 Å². The number of hydrogen-bond donors (Lipinski definition) is 2. The molecule has 0 aliphatic carbocycles. The van der Waals surface area contributed by atoms with E-state index in [1.54, 1.807) is 10.9 Å². The maximum atomic E-state index is 13.9. The van der Waals surface area contributed by atoms with Crippen LogP contribution in [0.15, 0.2) is 30.6 Å². The molecule has 8 heteroatoms. The van der Waals surface area contributed by atoms with Gasteiger partial charge in [0.15, 0.2) is 5.65 Å². The molecule has 2 heterocycles. The lowest BCUT2D eigenvalue weighted by atomic mass is 10.0. The first-order valence-corrected chi connectivity index (χ1v) is 9.65. The molecule has 1 amide bonds. The number of aryl methyl sites for hydroxylation is 1. The van der Waals surface area contributed by atoms with Crippen molar-refractivity contribution in [2.45, 2.75) is 46.8 Å². The van der Waals surface area contributed by atoms with Crippen LogP contribution in [0, 0.1) is 17.6 Å². The van der Waals surface area contributed by atoms with Crippen molar-refractivity contribution >= 4 is 22.6 Å². The summed E-state index contributed by atoms with van der Waals surface area (Å²) in [7, 11) is 0. The fourth-order valence-corrected chi connectivity index (χ4v) is 2.95. The molecule has 0 spiro atoms. The van der Waals surface area contributed by atoms with Crippen LogP contribution in [0.2, 0.25) is 0 Å². The van der Waals surface area contributed by atoms with E-state index >= 15 is 0 Å². The van der Waals surface area contributed by atoms with Crippen molar-refractivity contribution in [1.82, 2.24) is 20.1 Å². The van der Waals surface area contributed by atoms with E-state index in [0.717, 1.165) is 17.5 Å². The van der Waals surface area contributed by atoms with Crippen LogP contribution in [0.3, 0.4) is 0 Å². The van der Waals surface area contributed by atoms with Crippen LogP contribution in [0.4, 0.5) is 14.5 Å². The lowest BCUT2D eigenvalue weighted by molar-refractivity contribution is 0.0951. The first-order valence-electron chi connectivity index (χ1n) is 9.65. The van der Waals surface area contributed by atoms with Crippen molar-refractivity contribution in [3.63, 3.8) is 0 Å². The van der Waals surface area contributed by atoms with E-state index < -0.39 is 17.5 Å². The minimum absolute atomic E-state index is 0.0844. The zero-order chi connectivity index (χ0) is 21.1. The largest absolute Gasteiger partial charge is 0.381 e. The highest BCUT2D eigenvalue weighted by Crippen LogP contribution is 2.28. The summed E-state index contributed by atoms with van der Waals surface area (Å²) in [5.41, 5.74) is 1.40. The van der Waals surface area contributed by atoms with E-state index in [0.29, 0.717) is 29.4 Å². The van der Waals surface area contributed by atoms with Crippen LogP contribution in [0.5, 0.6) is 0 Å². The number of carbonyl (C=O) groups excluding carboxylic acids is 1. The van der Waals surface area contributed by atoms with Gasteiger partial charge in [-0.3, -0.25) is 4.79 Å². The van der Waals surface area contributed by atoms with Gasteiger partial charge >= 0.3 is 0 Å². The van der Waals surface area contributed by atoms with Gasteiger partial charge in [0.05, 0.1) is 22.8 Å². The number of rotatable bonds is 7. The molecule has 3 aromatic rings. The number of pyridine rings is 1. The number of anilines is 1. The van der Waals surface area contributed by atoms with Crippen LogP contribution in [0.1, 0.15) is 43.6 Å². The quantitative estimate of drug-likeness (QED) is 0.625. The van der Waals surface area contributed by atoms with Gasteiger partial charge in [-0.15, -0.1) is 0 Å². The highest BCUT2D eigenvalue weighted by Gasteiger charge is 2.21. The van der Waals surface area contributed by atoms with Crippen molar-refractivity contribution in [3.8, 4) is 0 Å². The SMILES string of the molecule is CCn1ncc2c(N[C@@H](C)C(C)C)c(C(=O)NCc3c(F)cccc3F)cnc21. The van der Waals surface area contributed by atoms with Crippen molar-refractivity contribution in [3.05, 3.63) is 53.4 Å². The summed E-state index contributed by atoms with van der Waals surface area (Å²) < 4.78 is 29.5. The molecule has 0 aliphatic rings. The Morgan fingerprint density at radius 3 is 2.48 bits per heavy atom. The van der Waals surface area contributed by atoms with Crippen LogP contribution in [-0.2, 0) is 13.1 Å². The van der Waals surface area contributed by atoms with Crippen LogP contribution in [0.25, 0.3) is 11.0 Å². The van der Waals surface area contributed by atoms with Crippen molar-refractivity contribution in [2.24, 2.45) is 5.92 Å². The van der Waals surface area contributed by atoms with E-state index in [1.807, 2.05) is 13.8 Å². The molecule has 1 atom stereocenters. The Balaban J connectivity index is 1.95. The topological polar surface area (TPSA) is 71.8 Å². The molecule has 1 aromatic carbocycles. The summed E-state index contributed by atoms with van der Waals surface area (Å²) in [6.45, 7) is 8.52. The fourth-order valence-electron chi connectivity index (χ4n) is 2.95. The van der Waals surface area contributed by atoms with Gasteiger partial charge in [-0.2, -0.15) is 5.10 Å². The Bertz CT molecular complexity index is 1010. The molecule has 0 fully saturated rings.